The molecule has 12 heterocycles. The Morgan fingerprint density at radius 2 is 0.872 bits per heavy atom. The number of amides is 4. The monoisotopic (exact) mass is 1990 g/mol. The average Bonchev–Trinajstić information content (AvgIpc) is 1.70. The van der Waals surface area contributed by atoms with E-state index in [4.69, 9.17) is 34.9 Å². The summed E-state index contributed by atoms with van der Waals surface area (Å²) in [5.41, 5.74) is 13.3. The lowest BCUT2D eigenvalue weighted by atomic mass is 9.97. The van der Waals surface area contributed by atoms with Gasteiger partial charge in [0.1, 0.15) is 45.6 Å². The van der Waals surface area contributed by atoms with Crippen molar-refractivity contribution in [1.82, 2.24) is 58.8 Å². The third kappa shape index (κ3) is 24.5. The Morgan fingerprint density at radius 3 is 1.39 bits per heavy atom. The molecule has 12 aromatic rings. The van der Waals surface area contributed by atoms with E-state index in [1.54, 1.807) is 111 Å². The van der Waals surface area contributed by atoms with Crippen molar-refractivity contribution in [3.8, 4) is 51.2 Å². The molecule has 4 fully saturated rings. The Hall–Kier alpha value is -14.0. The number of nitrogen functional groups attached to an aromatic ring is 1. The highest BCUT2D eigenvalue weighted by atomic mass is 32.2. The maximum absolute atomic E-state index is 13.5. The van der Waals surface area contributed by atoms with Crippen LogP contribution in [0.2, 0.25) is 0 Å². The van der Waals surface area contributed by atoms with Crippen molar-refractivity contribution in [3.05, 3.63) is 269 Å². The van der Waals surface area contributed by atoms with Crippen LogP contribution in [-0.2, 0) is 46.6 Å². The Balaban J connectivity index is 0.000000158. The maximum Gasteiger partial charge on any atom is 0.281 e. The number of nitrogens with zero attached hydrogens (tertiary/aromatic N) is 13. The van der Waals surface area contributed by atoms with E-state index in [1.165, 1.54) is 68.9 Å². The molecule has 4 aliphatic rings. The molecule has 4 amide bonds. The summed E-state index contributed by atoms with van der Waals surface area (Å²) in [6, 6.07) is 58.2. The fraction of sp³-hybridized carbons (Fsp3) is 0.346. The number of para-hydroxylation sites is 1. The zero-order chi connectivity index (χ0) is 102. The van der Waals surface area contributed by atoms with Crippen LogP contribution in [0.15, 0.2) is 245 Å². The minimum Gasteiger partial charge on any atom is -0.496 e. The smallest absolute Gasteiger partial charge is 0.281 e. The molecule has 16 rings (SSSR count). The van der Waals surface area contributed by atoms with Crippen molar-refractivity contribution in [3.63, 3.8) is 0 Å². The molecular weight excluding hydrogens is 1870 g/mol. The average molecular weight is 1990 g/mol. The highest BCUT2D eigenvalue weighted by Gasteiger charge is 2.45. The summed E-state index contributed by atoms with van der Waals surface area (Å²) in [5, 5.41) is -0.563. The zero-order valence-corrected chi connectivity index (χ0v) is 85.9. The van der Waals surface area contributed by atoms with Gasteiger partial charge in [0.2, 0.25) is 11.8 Å². The molecule has 4 aliphatic heterocycles. The number of aromatic nitrogens is 8. The second-order valence-electron chi connectivity index (χ2n) is 38.7. The van der Waals surface area contributed by atoms with Crippen molar-refractivity contribution >= 4 is 98.6 Å². The topological polar surface area (TPSA) is 426 Å². The Bertz CT molecular complexity index is 7120. The summed E-state index contributed by atoms with van der Waals surface area (Å²) in [4.78, 5) is 98.9. The molecule has 4 saturated heterocycles. The first kappa shape index (κ1) is 104. The highest BCUT2D eigenvalue weighted by Crippen LogP contribution is 2.44. The van der Waals surface area contributed by atoms with E-state index in [-0.39, 0.29) is 70.1 Å². The van der Waals surface area contributed by atoms with Gasteiger partial charge in [-0.2, -0.15) is 21.8 Å². The Morgan fingerprint density at radius 1 is 0.411 bits per heavy atom. The Labute approximate surface area is 826 Å². The summed E-state index contributed by atoms with van der Waals surface area (Å²) in [6.45, 7) is 34.3. The molecule has 0 bridgehead atoms. The molecule has 4 atom stereocenters. The van der Waals surface area contributed by atoms with Crippen LogP contribution in [0.5, 0.6) is 17.5 Å². The molecular formula is C104H122N18O15S4. The van der Waals surface area contributed by atoms with Crippen molar-refractivity contribution in [1.29, 1.82) is 0 Å². The number of nitrogens with one attached hydrogen (secondary N) is 4. The fourth-order valence-electron chi connectivity index (χ4n) is 19.0. The van der Waals surface area contributed by atoms with Crippen molar-refractivity contribution in [2.45, 2.75) is 178 Å². The number of aryl methyl sites for hydroxylation is 3. The molecule has 0 aliphatic carbocycles. The first-order valence-electron chi connectivity index (χ1n) is 46.1. The molecule has 8 aromatic heterocycles. The van der Waals surface area contributed by atoms with Crippen LogP contribution in [0.25, 0.3) is 33.6 Å². The van der Waals surface area contributed by atoms with Gasteiger partial charge in [-0.1, -0.05) is 136 Å². The van der Waals surface area contributed by atoms with E-state index in [1.807, 2.05) is 92.5 Å². The number of rotatable bonds is 25. The molecule has 37 heteroatoms. The van der Waals surface area contributed by atoms with Crippen LogP contribution < -0.4 is 63.3 Å². The second kappa shape index (κ2) is 42.6. The number of hydrogen-bond donors (Lipinski definition) is 5. The molecule has 742 valence electrons. The van der Waals surface area contributed by atoms with Gasteiger partial charge < -0.3 is 44.4 Å². The van der Waals surface area contributed by atoms with Crippen LogP contribution in [0.4, 0.5) is 34.9 Å². The number of carbonyl (C=O) groups is 4. The predicted molar refractivity (Wildman–Crippen MR) is 546 cm³/mol. The molecule has 141 heavy (non-hydrogen) atoms. The molecule has 33 nitrogen and oxygen atoms in total. The van der Waals surface area contributed by atoms with Gasteiger partial charge >= 0.3 is 0 Å². The number of ether oxygens (including phenoxy) is 3. The largest absolute Gasteiger partial charge is 0.496 e. The molecule has 0 radical (unpaired) electrons. The van der Waals surface area contributed by atoms with Gasteiger partial charge in [0.15, 0.2) is 10.1 Å². The summed E-state index contributed by atoms with van der Waals surface area (Å²) in [6.07, 6.45) is 8.57. The summed E-state index contributed by atoms with van der Waals surface area (Å²) in [5.74, 6) is 2.40. The van der Waals surface area contributed by atoms with Crippen LogP contribution in [0.3, 0.4) is 0 Å². The summed E-state index contributed by atoms with van der Waals surface area (Å²) >= 11 is 0. The lowest BCUT2D eigenvalue weighted by molar-refractivity contribution is 0.0972. The second-order valence-corrected chi connectivity index (χ2v) is 45.3. The quantitative estimate of drug-likeness (QED) is 0.0355. The van der Waals surface area contributed by atoms with Gasteiger partial charge in [-0.15, -0.1) is 0 Å². The summed E-state index contributed by atoms with van der Waals surface area (Å²) < 4.78 is 129. The number of anilines is 6. The van der Waals surface area contributed by atoms with E-state index in [0.29, 0.717) is 101 Å². The Kier molecular flexibility index (Phi) is 31.5. The maximum atomic E-state index is 13.5. The SMILES string of the molecule is COc1ccc(-c2ccc(C(=O)NS(=O)(=O)c3cccnc3C)c(N3C[C@@H](C)CC3(C)C)n2)c(OC)n1.COc1ccccc1CN(C)c1cccc(S(=O)(=O)NC(=O)c2cccnc2N2CC(C)CC2(C)C)n1.C[C@@H]1CN(c2nc(-c3ccccc3)ccc2C(=O)NS(=O)(=O)c2ccccc2)C(C)(C)C1.Cc1cc(C)cc(-c2cnc(N3CC(C)CC3(C)C)c(C(=O)NS(=O)(=O)c3cccc(N)n3)c2)c1. The highest BCUT2D eigenvalue weighted by molar-refractivity contribution is 7.91. The third-order valence-electron chi connectivity index (χ3n) is 25.0. The van der Waals surface area contributed by atoms with Crippen molar-refractivity contribution in [2.24, 2.45) is 23.7 Å². The number of carbonyl (C=O) groups excluding carboxylic acids is 4. The molecule has 0 saturated carbocycles. The van der Waals surface area contributed by atoms with Gasteiger partial charge in [-0.3, -0.25) is 24.2 Å². The van der Waals surface area contributed by atoms with Crippen LogP contribution in [0, 0.1) is 44.4 Å². The normalized spacial score (nSPS) is 17.2. The van der Waals surface area contributed by atoms with Crippen molar-refractivity contribution in [2.75, 3.05) is 84.8 Å². The van der Waals surface area contributed by atoms with E-state index in [2.05, 4.69) is 153 Å². The van der Waals surface area contributed by atoms with Crippen LogP contribution in [0.1, 0.15) is 173 Å². The lowest BCUT2D eigenvalue weighted by Gasteiger charge is -2.34. The first-order valence-corrected chi connectivity index (χ1v) is 52.0. The number of methoxy groups -OCH3 is 3. The van der Waals surface area contributed by atoms with Crippen molar-refractivity contribution < 1.29 is 67.1 Å². The van der Waals surface area contributed by atoms with Crippen LogP contribution in [-0.4, -0.2) is 174 Å². The van der Waals surface area contributed by atoms with E-state index in [0.717, 1.165) is 83.6 Å². The molecule has 0 spiro atoms. The minimum absolute atomic E-state index is 0.0406. The summed E-state index contributed by atoms with van der Waals surface area (Å²) in [7, 11) is -10.2. The number of nitrogens with two attached hydrogens (primary N) is 1. The number of pyridine rings is 8. The molecule has 6 N–H and O–H groups in total. The third-order valence-corrected chi connectivity index (χ3v) is 30.3. The van der Waals surface area contributed by atoms with E-state index >= 15 is 0 Å². The minimum atomic E-state index is -4.24. The van der Waals surface area contributed by atoms with E-state index in [9.17, 15) is 52.8 Å². The van der Waals surface area contributed by atoms with Crippen LogP contribution >= 0.6 is 0 Å². The number of hydrogen-bond acceptors (Lipinski definition) is 29. The fourth-order valence-corrected chi connectivity index (χ4v) is 23.1. The van der Waals surface area contributed by atoms with Gasteiger partial charge in [-0.25, -0.2) is 65.6 Å². The number of benzene rings is 4. The van der Waals surface area contributed by atoms with Gasteiger partial charge in [-0.05, 0) is 234 Å². The van der Waals surface area contributed by atoms with Gasteiger partial charge in [0, 0.05) is 103 Å². The standard InChI is InChI=1S/C27H33N5O4S.C26H31N5O5S.C26H31N5O3S.C25H27N3O3S/c1-19-16-27(2,3)32(17-19)25-21(11-9-15-28-25)26(33)30-37(34,35)24-14-8-13-23(29-24)31(4)18-20-10-6-7-12-22(20)36-5;1-16-14-26(3,4)31(15-16)23-19(24(32)30-37(33,34)21-8-7-13-27-17(21)2)9-11-20(28-23)18-10-12-22(35-5)29-25(18)36-6;1-16-9-17(2)11-19(10-16)20-12-21(24(28-14-20)31-15-18(3)13-26(31,4)5)25(32)30-35(33,34)23-8-6-7-22(27)29-23;1-18-16-25(2,3)28(17-18)23-21(14-15-22(26-23)19-10-6-4-7-11-19)24(29)27-32(30,31)20-12-8-5-9-13-20/h6-15,19H,16-18H2,1-5H3,(H,30,33);7-13,16H,14-15H2,1-6H3,(H,30,32);6-12,14,18H,13,15H2,1-5H3,(H2,27,29)(H,30,32);4-15,18H,16-17H2,1-3H3,(H,27,29)/t;16-;;18-/m.0.0/s1. The molecule has 4 aromatic carbocycles. The predicted octanol–water partition coefficient (Wildman–Crippen LogP) is 16.1. The number of sulfonamides is 4. The van der Waals surface area contributed by atoms with E-state index < -0.39 is 63.7 Å². The van der Waals surface area contributed by atoms with Gasteiger partial charge in [0.25, 0.3) is 63.7 Å². The van der Waals surface area contributed by atoms with Gasteiger partial charge in [0.05, 0.1) is 71.1 Å². The first-order chi connectivity index (χ1) is 66.5. The lowest BCUT2D eigenvalue weighted by Crippen LogP contribution is -2.41. The molecule has 2 unspecified atom stereocenters. The zero-order valence-electron chi connectivity index (χ0n) is 82.7.